The summed E-state index contributed by atoms with van der Waals surface area (Å²) in [5, 5.41) is 1.43. The molecule has 0 N–H and O–H groups in total. The van der Waals surface area contributed by atoms with Crippen molar-refractivity contribution in [3.63, 3.8) is 0 Å². The highest BCUT2D eigenvalue weighted by Crippen LogP contribution is 2.42. The summed E-state index contributed by atoms with van der Waals surface area (Å²) in [6.07, 6.45) is 4.22. The molecule has 0 fully saturated rings. The second-order valence-corrected chi connectivity index (χ2v) is 8.53. The van der Waals surface area contributed by atoms with Gasteiger partial charge in [-0.1, -0.05) is 24.6 Å². The van der Waals surface area contributed by atoms with Crippen molar-refractivity contribution in [1.82, 2.24) is 14.5 Å². The first kappa shape index (κ1) is 17.9. The van der Waals surface area contributed by atoms with Crippen LogP contribution in [0.3, 0.4) is 0 Å². The average Bonchev–Trinajstić information content (AvgIpc) is 2.87. The lowest BCUT2D eigenvalue weighted by atomic mass is 9.98. The van der Waals surface area contributed by atoms with E-state index in [1.807, 2.05) is 13.1 Å². The van der Waals surface area contributed by atoms with Crippen molar-refractivity contribution in [2.75, 3.05) is 13.6 Å². The molecule has 28 heavy (non-hydrogen) atoms. The summed E-state index contributed by atoms with van der Waals surface area (Å²) < 4.78 is 9.29. The predicted molar refractivity (Wildman–Crippen MR) is 113 cm³/mol. The largest absolute Gasteiger partial charge is 0.364 e. The zero-order chi connectivity index (χ0) is 19.4. The van der Waals surface area contributed by atoms with Crippen molar-refractivity contribution >= 4 is 10.9 Å². The van der Waals surface area contributed by atoms with E-state index in [1.54, 1.807) is 0 Å². The van der Waals surface area contributed by atoms with E-state index in [9.17, 15) is 0 Å². The molecule has 5 rings (SSSR count). The van der Waals surface area contributed by atoms with Crippen molar-refractivity contribution in [2.45, 2.75) is 58.9 Å². The molecule has 0 saturated heterocycles. The summed E-state index contributed by atoms with van der Waals surface area (Å²) in [5.41, 5.74) is 9.34. The van der Waals surface area contributed by atoms with E-state index in [2.05, 4.69) is 59.6 Å². The van der Waals surface area contributed by atoms with Gasteiger partial charge in [-0.05, 0) is 45.0 Å². The fourth-order valence-electron chi connectivity index (χ4n) is 5.00. The highest BCUT2D eigenvalue weighted by atomic mass is 16.5. The second-order valence-electron chi connectivity index (χ2n) is 8.53. The van der Waals surface area contributed by atoms with Crippen LogP contribution in [0.2, 0.25) is 0 Å². The first-order valence-corrected chi connectivity index (χ1v) is 10.5. The Morgan fingerprint density at radius 1 is 1.21 bits per heavy atom. The quantitative estimate of drug-likeness (QED) is 0.640. The Bertz CT molecular complexity index is 1030. The highest BCUT2D eigenvalue weighted by molar-refractivity contribution is 5.90. The molecule has 146 valence electrons. The van der Waals surface area contributed by atoms with E-state index in [0.29, 0.717) is 0 Å². The first-order valence-electron chi connectivity index (χ1n) is 10.5. The fraction of sp³-hybridized carbons (Fsp3) is 0.458. The number of hydrogen-bond donors (Lipinski definition) is 0. The summed E-state index contributed by atoms with van der Waals surface area (Å²) in [6.45, 7) is 9.50. The number of ether oxygens (including phenoxy) is 1. The second kappa shape index (κ2) is 6.71. The lowest BCUT2D eigenvalue weighted by Gasteiger charge is -2.26. The van der Waals surface area contributed by atoms with Crippen molar-refractivity contribution in [1.29, 1.82) is 0 Å². The van der Waals surface area contributed by atoms with Gasteiger partial charge in [0.2, 0.25) is 0 Å². The lowest BCUT2D eigenvalue weighted by Crippen LogP contribution is -2.27. The van der Waals surface area contributed by atoms with Gasteiger partial charge >= 0.3 is 0 Å². The van der Waals surface area contributed by atoms with E-state index in [0.717, 1.165) is 38.2 Å². The van der Waals surface area contributed by atoms with Gasteiger partial charge < -0.3 is 14.2 Å². The number of nitrogens with zero attached hydrogens (tertiary/aromatic N) is 3. The molecule has 2 aliphatic rings. The monoisotopic (exact) mass is 375 g/mol. The van der Waals surface area contributed by atoms with E-state index >= 15 is 0 Å². The summed E-state index contributed by atoms with van der Waals surface area (Å²) >= 11 is 0. The summed E-state index contributed by atoms with van der Waals surface area (Å²) in [6, 6.07) is 9.01. The molecule has 4 heterocycles. The molecule has 4 nitrogen and oxygen atoms in total. The van der Waals surface area contributed by atoms with Crippen molar-refractivity contribution < 1.29 is 4.74 Å². The Balaban J connectivity index is 1.73. The van der Waals surface area contributed by atoms with Gasteiger partial charge in [0.1, 0.15) is 6.10 Å². The van der Waals surface area contributed by atoms with Crippen LogP contribution in [0.15, 0.2) is 30.5 Å². The minimum atomic E-state index is 0.0325. The van der Waals surface area contributed by atoms with Crippen LogP contribution in [0, 0.1) is 13.8 Å². The zero-order valence-electron chi connectivity index (χ0n) is 17.3. The maximum atomic E-state index is 6.71. The molecule has 0 spiro atoms. The third-order valence-electron chi connectivity index (χ3n) is 6.41. The number of aryl methyl sites for hydroxylation is 2. The maximum Gasteiger partial charge on any atom is 0.103 e. The first-order chi connectivity index (χ1) is 13.5. The van der Waals surface area contributed by atoms with Crippen LogP contribution in [-0.4, -0.2) is 28.0 Å². The average molecular weight is 376 g/mol. The molecular formula is C24H29N3O. The standard InChI is InChI=1S/C24H29N3O/c1-5-22-19-11-15(2)10-18-20-13-26(4)9-8-21(20)27(24(18)19)14-23(28-22)17-7-6-16(3)25-12-17/h6-7,10-12,22-23H,5,8-9,13-14H2,1-4H3. The van der Waals surface area contributed by atoms with Gasteiger partial charge in [0, 0.05) is 53.6 Å². The van der Waals surface area contributed by atoms with Gasteiger partial charge in [-0.2, -0.15) is 0 Å². The van der Waals surface area contributed by atoms with E-state index < -0.39 is 0 Å². The van der Waals surface area contributed by atoms with Gasteiger partial charge in [0.15, 0.2) is 0 Å². The summed E-state index contributed by atoms with van der Waals surface area (Å²) in [7, 11) is 2.23. The van der Waals surface area contributed by atoms with Crippen molar-refractivity contribution in [3.05, 3.63) is 64.1 Å². The minimum Gasteiger partial charge on any atom is -0.364 e. The Kier molecular flexibility index (Phi) is 4.29. The van der Waals surface area contributed by atoms with Gasteiger partial charge in [-0.3, -0.25) is 4.98 Å². The lowest BCUT2D eigenvalue weighted by molar-refractivity contribution is -0.0209. The third kappa shape index (κ3) is 2.78. The number of benzene rings is 1. The van der Waals surface area contributed by atoms with Crippen molar-refractivity contribution in [3.8, 4) is 0 Å². The minimum absolute atomic E-state index is 0.0325. The molecule has 2 aliphatic heterocycles. The van der Waals surface area contributed by atoms with Gasteiger partial charge in [0.25, 0.3) is 0 Å². The number of rotatable bonds is 2. The van der Waals surface area contributed by atoms with Crippen LogP contribution in [0.25, 0.3) is 10.9 Å². The fourth-order valence-corrected chi connectivity index (χ4v) is 5.00. The highest BCUT2D eigenvalue weighted by Gasteiger charge is 2.32. The molecule has 0 bridgehead atoms. The van der Waals surface area contributed by atoms with E-state index in [4.69, 9.17) is 4.74 Å². The van der Waals surface area contributed by atoms with E-state index in [1.165, 1.54) is 38.9 Å². The van der Waals surface area contributed by atoms with Crippen LogP contribution in [-0.2, 0) is 24.2 Å². The summed E-state index contributed by atoms with van der Waals surface area (Å²) in [5.74, 6) is 0. The Morgan fingerprint density at radius 2 is 2.07 bits per heavy atom. The van der Waals surface area contributed by atoms with Crippen LogP contribution < -0.4 is 0 Å². The molecule has 0 saturated carbocycles. The normalized spacial score (nSPS) is 22.3. The van der Waals surface area contributed by atoms with Gasteiger partial charge in [-0.25, -0.2) is 0 Å². The van der Waals surface area contributed by atoms with Crippen LogP contribution in [0.5, 0.6) is 0 Å². The van der Waals surface area contributed by atoms with Crippen molar-refractivity contribution in [2.24, 2.45) is 0 Å². The molecule has 3 aromatic rings. The number of fused-ring (bicyclic) bond motifs is 3. The number of pyridine rings is 1. The SMILES string of the molecule is CCC1OC(c2ccc(C)nc2)Cn2c3c(c4cc(C)cc1c42)CN(C)CC3. The van der Waals surface area contributed by atoms with Crippen LogP contribution in [0.1, 0.15) is 59.2 Å². The molecule has 0 aliphatic carbocycles. The van der Waals surface area contributed by atoms with Crippen LogP contribution >= 0.6 is 0 Å². The van der Waals surface area contributed by atoms with Gasteiger partial charge in [0.05, 0.1) is 18.2 Å². The molecule has 2 atom stereocenters. The number of likely N-dealkylation sites (N-methyl/N-ethyl adjacent to an activating group) is 1. The zero-order valence-corrected chi connectivity index (χ0v) is 17.3. The summed E-state index contributed by atoms with van der Waals surface area (Å²) in [4.78, 5) is 6.98. The predicted octanol–water partition coefficient (Wildman–Crippen LogP) is 4.86. The van der Waals surface area contributed by atoms with Crippen LogP contribution in [0.4, 0.5) is 0 Å². The Labute approximate surface area is 167 Å². The molecule has 4 heteroatoms. The molecular weight excluding hydrogens is 346 g/mol. The molecule has 0 radical (unpaired) electrons. The molecule has 2 unspecified atom stereocenters. The topological polar surface area (TPSA) is 30.3 Å². The number of aromatic nitrogens is 2. The Morgan fingerprint density at radius 3 is 2.82 bits per heavy atom. The molecule has 1 aromatic carbocycles. The molecule has 0 amide bonds. The third-order valence-corrected chi connectivity index (χ3v) is 6.41. The van der Waals surface area contributed by atoms with Gasteiger partial charge in [-0.15, -0.1) is 0 Å². The maximum absolute atomic E-state index is 6.71. The van der Waals surface area contributed by atoms with E-state index in [-0.39, 0.29) is 12.2 Å². The Hall–Kier alpha value is -2.17. The smallest absolute Gasteiger partial charge is 0.103 e. The number of hydrogen-bond acceptors (Lipinski definition) is 3. The molecule has 2 aromatic heterocycles.